The molecular formula is C24H27NO5. The van der Waals surface area contributed by atoms with Crippen LogP contribution in [-0.2, 0) is 14.3 Å². The Morgan fingerprint density at radius 3 is 2.37 bits per heavy atom. The third-order valence-corrected chi connectivity index (χ3v) is 5.07. The Balaban J connectivity index is 1.76. The van der Waals surface area contributed by atoms with Gasteiger partial charge in [-0.15, -0.1) is 0 Å². The standard InChI is InChI=1S/C24H27NO5/c1-28-20-13-11-18(21(17-20)29-2)12-14-22(26)30-23(19-9-5-3-6-10-19)24(27)25-15-7-4-8-16-25/h3,5-6,9-14,17,23H,4,7-8,15-16H2,1-2H3/b14-12+/t23-/m0/s1. The van der Waals surface area contributed by atoms with Crippen LogP contribution in [0.3, 0.4) is 0 Å². The summed E-state index contributed by atoms with van der Waals surface area (Å²) in [5, 5.41) is 0. The zero-order valence-corrected chi connectivity index (χ0v) is 17.4. The summed E-state index contributed by atoms with van der Waals surface area (Å²) >= 11 is 0. The Morgan fingerprint density at radius 1 is 0.967 bits per heavy atom. The second-order valence-electron chi connectivity index (χ2n) is 7.05. The minimum atomic E-state index is -0.959. The molecular weight excluding hydrogens is 382 g/mol. The Morgan fingerprint density at radius 2 is 1.70 bits per heavy atom. The summed E-state index contributed by atoms with van der Waals surface area (Å²) in [4.78, 5) is 27.4. The fourth-order valence-corrected chi connectivity index (χ4v) is 3.44. The minimum Gasteiger partial charge on any atom is -0.497 e. The van der Waals surface area contributed by atoms with Crippen molar-refractivity contribution in [2.24, 2.45) is 0 Å². The lowest BCUT2D eigenvalue weighted by Gasteiger charge is -2.30. The highest BCUT2D eigenvalue weighted by Crippen LogP contribution is 2.26. The first-order valence-electron chi connectivity index (χ1n) is 10.1. The van der Waals surface area contributed by atoms with Crippen molar-refractivity contribution >= 4 is 18.0 Å². The van der Waals surface area contributed by atoms with Crippen molar-refractivity contribution in [1.29, 1.82) is 0 Å². The third-order valence-electron chi connectivity index (χ3n) is 5.07. The summed E-state index contributed by atoms with van der Waals surface area (Å²) in [6.45, 7) is 1.39. The molecule has 0 bridgehead atoms. The summed E-state index contributed by atoms with van der Waals surface area (Å²) < 4.78 is 16.1. The van der Waals surface area contributed by atoms with Crippen molar-refractivity contribution < 1.29 is 23.8 Å². The molecule has 6 heteroatoms. The van der Waals surface area contributed by atoms with Gasteiger partial charge >= 0.3 is 5.97 Å². The lowest BCUT2D eigenvalue weighted by molar-refractivity contribution is -0.157. The van der Waals surface area contributed by atoms with Crippen LogP contribution in [0, 0.1) is 0 Å². The molecule has 0 spiro atoms. The van der Waals surface area contributed by atoms with Crippen molar-refractivity contribution in [2.75, 3.05) is 27.3 Å². The van der Waals surface area contributed by atoms with Crippen LogP contribution in [0.2, 0.25) is 0 Å². The molecule has 30 heavy (non-hydrogen) atoms. The molecule has 1 heterocycles. The van der Waals surface area contributed by atoms with E-state index in [9.17, 15) is 9.59 Å². The van der Waals surface area contributed by atoms with Crippen LogP contribution in [-0.4, -0.2) is 44.1 Å². The monoisotopic (exact) mass is 409 g/mol. The first-order valence-corrected chi connectivity index (χ1v) is 10.1. The Hall–Kier alpha value is -3.28. The van der Waals surface area contributed by atoms with E-state index in [-0.39, 0.29) is 5.91 Å². The van der Waals surface area contributed by atoms with Gasteiger partial charge in [-0.1, -0.05) is 30.3 Å². The molecule has 0 radical (unpaired) electrons. The van der Waals surface area contributed by atoms with Gasteiger partial charge in [-0.25, -0.2) is 4.79 Å². The molecule has 0 saturated carbocycles. The summed E-state index contributed by atoms with van der Waals surface area (Å²) in [5.41, 5.74) is 1.37. The molecule has 3 rings (SSSR count). The zero-order valence-electron chi connectivity index (χ0n) is 17.4. The molecule has 0 N–H and O–H groups in total. The maximum Gasteiger partial charge on any atom is 0.331 e. The Bertz CT molecular complexity index is 888. The number of carbonyl (C=O) groups is 2. The van der Waals surface area contributed by atoms with Crippen LogP contribution >= 0.6 is 0 Å². The van der Waals surface area contributed by atoms with Crippen molar-refractivity contribution in [1.82, 2.24) is 4.90 Å². The van der Waals surface area contributed by atoms with Gasteiger partial charge in [-0.05, 0) is 37.5 Å². The molecule has 1 atom stereocenters. The first-order chi connectivity index (χ1) is 14.6. The van der Waals surface area contributed by atoms with E-state index < -0.39 is 12.1 Å². The first kappa shape index (κ1) is 21.4. The van der Waals surface area contributed by atoms with Gasteiger partial charge in [0.25, 0.3) is 5.91 Å². The molecule has 6 nitrogen and oxygen atoms in total. The number of nitrogens with zero attached hydrogens (tertiary/aromatic N) is 1. The fraction of sp³-hybridized carbons (Fsp3) is 0.333. The van der Waals surface area contributed by atoms with Gasteiger partial charge in [-0.2, -0.15) is 0 Å². The smallest absolute Gasteiger partial charge is 0.331 e. The average Bonchev–Trinajstić information content (AvgIpc) is 2.81. The van der Waals surface area contributed by atoms with E-state index in [1.807, 2.05) is 18.2 Å². The van der Waals surface area contributed by atoms with Gasteiger partial charge in [0.15, 0.2) is 0 Å². The van der Waals surface area contributed by atoms with Crippen LogP contribution < -0.4 is 9.47 Å². The summed E-state index contributed by atoms with van der Waals surface area (Å²) in [6, 6.07) is 14.4. The Labute approximate surface area is 177 Å². The van der Waals surface area contributed by atoms with Gasteiger partial charge in [-0.3, -0.25) is 4.79 Å². The topological polar surface area (TPSA) is 65.1 Å². The lowest BCUT2D eigenvalue weighted by Crippen LogP contribution is -2.40. The summed E-state index contributed by atoms with van der Waals surface area (Å²) in [6.07, 6.45) is 5.01. The van der Waals surface area contributed by atoms with Gasteiger partial charge < -0.3 is 19.1 Å². The van der Waals surface area contributed by atoms with Crippen molar-refractivity contribution in [2.45, 2.75) is 25.4 Å². The second-order valence-corrected chi connectivity index (χ2v) is 7.05. The predicted molar refractivity (Wildman–Crippen MR) is 114 cm³/mol. The molecule has 1 aliphatic heterocycles. The SMILES string of the molecule is COc1ccc(/C=C/C(=O)O[C@H](C(=O)N2CCCCC2)c2ccccc2)c(OC)c1. The number of benzene rings is 2. The van der Waals surface area contributed by atoms with Crippen LogP contribution in [0.25, 0.3) is 6.08 Å². The van der Waals surface area contributed by atoms with E-state index >= 15 is 0 Å². The third kappa shape index (κ3) is 5.41. The zero-order chi connectivity index (χ0) is 21.3. The number of carbonyl (C=O) groups excluding carboxylic acids is 2. The maximum atomic E-state index is 13.1. The van der Waals surface area contributed by atoms with E-state index in [4.69, 9.17) is 14.2 Å². The molecule has 1 amide bonds. The minimum absolute atomic E-state index is 0.176. The quantitative estimate of drug-likeness (QED) is 0.511. The van der Waals surface area contributed by atoms with Gasteiger partial charge in [0.2, 0.25) is 6.10 Å². The number of amides is 1. The molecule has 2 aromatic rings. The van der Waals surface area contributed by atoms with E-state index in [1.54, 1.807) is 55.5 Å². The molecule has 0 aliphatic carbocycles. The van der Waals surface area contributed by atoms with Gasteiger partial charge in [0.1, 0.15) is 11.5 Å². The normalized spacial score (nSPS) is 14.9. The summed E-state index contributed by atoms with van der Waals surface area (Å²) in [7, 11) is 3.12. The average molecular weight is 409 g/mol. The van der Waals surface area contributed by atoms with Crippen LogP contribution in [0.1, 0.15) is 36.5 Å². The largest absolute Gasteiger partial charge is 0.497 e. The molecule has 158 valence electrons. The predicted octanol–water partition coefficient (Wildman–Crippen LogP) is 4.01. The van der Waals surface area contributed by atoms with Gasteiger partial charge in [0.05, 0.1) is 14.2 Å². The van der Waals surface area contributed by atoms with Crippen molar-refractivity contribution in [3.8, 4) is 11.5 Å². The van der Waals surface area contributed by atoms with E-state index in [1.165, 1.54) is 6.08 Å². The summed E-state index contributed by atoms with van der Waals surface area (Å²) in [5.74, 6) is 0.460. The number of methoxy groups -OCH3 is 2. The number of piperidine rings is 1. The number of hydrogen-bond donors (Lipinski definition) is 0. The number of likely N-dealkylation sites (tertiary alicyclic amines) is 1. The molecule has 1 aliphatic rings. The highest BCUT2D eigenvalue weighted by Gasteiger charge is 2.29. The second kappa shape index (κ2) is 10.5. The fourth-order valence-electron chi connectivity index (χ4n) is 3.44. The van der Waals surface area contributed by atoms with E-state index in [0.717, 1.165) is 19.3 Å². The van der Waals surface area contributed by atoms with Gasteiger partial charge in [0, 0.05) is 36.4 Å². The van der Waals surface area contributed by atoms with E-state index in [2.05, 4.69) is 0 Å². The number of hydrogen-bond acceptors (Lipinski definition) is 5. The number of ether oxygens (including phenoxy) is 3. The molecule has 1 saturated heterocycles. The Kier molecular flexibility index (Phi) is 7.49. The lowest BCUT2D eigenvalue weighted by atomic mass is 10.1. The molecule has 0 unspecified atom stereocenters. The maximum absolute atomic E-state index is 13.1. The number of rotatable bonds is 7. The highest BCUT2D eigenvalue weighted by atomic mass is 16.5. The van der Waals surface area contributed by atoms with Crippen molar-refractivity contribution in [3.63, 3.8) is 0 Å². The van der Waals surface area contributed by atoms with Crippen LogP contribution in [0.4, 0.5) is 0 Å². The highest BCUT2D eigenvalue weighted by molar-refractivity contribution is 5.91. The van der Waals surface area contributed by atoms with Crippen LogP contribution in [0.15, 0.2) is 54.6 Å². The van der Waals surface area contributed by atoms with Crippen molar-refractivity contribution in [3.05, 3.63) is 65.7 Å². The number of esters is 1. The van der Waals surface area contributed by atoms with E-state index in [0.29, 0.717) is 35.7 Å². The molecule has 0 aromatic heterocycles. The molecule has 1 fully saturated rings. The molecule has 2 aromatic carbocycles. The van der Waals surface area contributed by atoms with Crippen LogP contribution in [0.5, 0.6) is 11.5 Å².